The summed E-state index contributed by atoms with van der Waals surface area (Å²) < 4.78 is 0.558. The minimum absolute atomic E-state index is 0.440. The zero-order valence-electron chi connectivity index (χ0n) is 14.4. The van der Waals surface area contributed by atoms with Gasteiger partial charge in [0.15, 0.2) is 0 Å². The molecular weight excluding hydrogens is 266 g/mol. The van der Waals surface area contributed by atoms with Gasteiger partial charge in [-0.1, -0.05) is 58.3 Å². The van der Waals surface area contributed by atoms with Gasteiger partial charge in [-0.25, -0.2) is 0 Å². The van der Waals surface area contributed by atoms with Gasteiger partial charge < -0.3 is 19.5 Å². The van der Waals surface area contributed by atoms with E-state index >= 15 is 0 Å². The van der Waals surface area contributed by atoms with E-state index in [-0.39, 0.29) is 0 Å². The quantitative estimate of drug-likeness (QED) is 0.418. The Balaban J connectivity index is 3.88. The van der Waals surface area contributed by atoms with Crippen molar-refractivity contribution >= 4 is 5.97 Å². The number of carboxylic acids is 1. The van der Waals surface area contributed by atoms with E-state index < -0.39 is 18.0 Å². The van der Waals surface area contributed by atoms with Crippen molar-refractivity contribution in [1.29, 1.82) is 0 Å². The first-order valence-corrected chi connectivity index (χ1v) is 8.47. The predicted octanol–water partition coefficient (Wildman–Crippen LogP) is 1.95. The third-order valence-electron chi connectivity index (χ3n) is 3.87. The maximum absolute atomic E-state index is 11.2. The van der Waals surface area contributed by atoms with Gasteiger partial charge in [0, 0.05) is 11.9 Å². The SMILES string of the molecule is CCCCCCCCCCC(C(=O)[O-])C(O)C[N+](C)(C)C. The Morgan fingerprint density at radius 2 is 1.48 bits per heavy atom. The Kier molecular flexibility index (Phi) is 10.7. The summed E-state index contributed by atoms with van der Waals surface area (Å²) in [7, 11) is 5.85. The van der Waals surface area contributed by atoms with E-state index in [9.17, 15) is 15.0 Å². The second-order valence-electron chi connectivity index (χ2n) is 7.23. The molecule has 4 heteroatoms. The smallest absolute Gasteiger partial charge is 0.111 e. The minimum atomic E-state index is -1.11. The van der Waals surface area contributed by atoms with E-state index in [1.807, 2.05) is 21.1 Å². The summed E-state index contributed by atoms with van der Waals surface area (Å²) in [5.74, 6) is -1.85. The van der Waals surface area contributed by atoms with Crippen molar-refractivity contribution in [3.8, 4) is 0 Å². The molecule has 0 aliphatic rings. The van der Waals surface area contributed by atoms with Crippen LogP contribution in [0.25, 0.3) is 0 Å². The molecule has 0 rings (SSSR count). The van der Waals surface area contributed by atoms with E-state index in [1.54, 1.807) is 0 Å². The van der Waals surface area contributed by atoms with Crippen molar-refractivity contribution in [2.45, 2.75) is 70.8 Å². The third kappa shape index (κ3) is 11.7. The van der Waals surface area contributed by atoms with Crippen LogP contribution in [-0.2, 0) is 4.79 Å². The highest BCUT2D eigenvalue weighted by Crippen LogP contribution is 2.17. The molecule has 0 radical (unpaired) electrons. The van der Waals surface area contributed by atoms with Crippen molar-refractivity contribution in [3.05, 3.63) is 0 Å². The summed E-state index contributed by atoms with van der Waals surface area (Å²) in [6.45, 7) is 2.65. The molecule has 0 aromatic carbocycles. The number of unbranched alkanes of at least 4 members (excludes halogenated alkanes) is 7. The molecule has 0 bridgehead atoms. The van der Waals surface area contributed by atoms with Crippen molar-refractivity contribution in [3.63, 3.8) is 0 Å². The van der Waals surface area contributed by atoms with Crippen LogP contribution in [0.1, 0.15) is 64.7 Å². The fourth-order valence-electron chi connectivity index (χ4n) is 2.65. The normalized spacial score (nSPS) is 14.9. The summed E-state index contributed by atoms with van der Waals surface area (Å²) in [6, 6.07) is 0. The number of nitrogens with zero attached hydrogens (tertiary/aromatic N) is 1. The number of hydrogen-bond acceptors (Lipinski definition) is 3. The van der Waals surface area contributed by atoms with Crippen LogP contribution in [0.4, 0.5) is 0 Å². The Hall–Kier alpha value is -0.610. The molecule has 0 saturated carbocycles. The first-order chi connectivity index (χ1) is 9.78. The number of carbonyl (C=O) groups is 1. The van der Waals surface area contributed by atoms with Gasteiger partial charge >= 0.3 is 0 Å². The van der Waals surface area contributed by atoms with Crippen LogP contribution >= 0.6 is 0 Å². The largest absolute Gasteiger partial charge is 0.550 e. The van der Waals surface area contributed by atoms with Crippen LogP contribution in [0.2, 0.25) is 0 Å². The molecule has 2 unspecified atom stereocenters. The Morgan fingerprint density at radius 1 is 1.00 bits per heavy atom. The molecule has 0 aromatic rings. The molecule has 1 N–H and O–H groups in total. The minimum Gasteiger partial charge on any atom is -0.550 e. The molecule has 0 saturated heterocycles. The van der Waals surface area contributed by atoms with Gasteiger partial charge in [0.1, 0.15) is 12.6 Å². The van der Waals surface area contributed by atoms with Gasteiger partial charge in [0.2, 0.25) is 0 Å². The highest BCUT2D eigenvalue weighted by Gasteiger charge is 2.25. The second kappa shape index (κ2) is 11.0. The van der Waals surface area contributed by atoms with Crippen LogP contribution in [0.5, 0.6) is 0 Å². The van der Waals surface area contributed by atoms with Gasteiger partial charge in [-0.15, -0.1) is 0 Å². The molecule has 21 heavy (non-hydrogen) atoms. The molecule has 4 nitrogen and oxygen atoms in total. The zero-order chi connectivity index (χ0) is 16.3. The molecular formula is C17H35NO3. The molecule has 0 aliphatic heterocycles. The number of likely N-dealkylation sites (N-methyl/N-ethyl adjacent to an activating group) is 1. The monoisotopic (exact) mass is 301 g/mol. The first kappa shape index (κ1) is 20.4. The third-order valence-corrected chi connectivity index (χ3v) is 3.87. The number of hydrogen-bond donors (Lipinski definition) is 1. The van der Waals surface area contributed by atoms with Crippen molar-refractivity contribution in [2.24, 2.45) is 5.92 Å². The Labute approximate surface area is 130 Å². The highest BCUT2D eigenvalue weighted by atomic mass is 16.4. The number of aliphatic carboxylic acids is 1. The molecule has 0 aliphatic carbocycles. The van der Waals surface area contributed by atoms with Gasteiger partial charge in [-0.2, -0.15) is 0 Å². The van der Waals surface area contributed by atoms with Crippen LogP contribution in [0.3, 0.4) is 0 Å². The summed E-state index contributed by atoms with van der Waals surface area (Å²) in [4.78, 5) is 11.2. The molecule has 2 atom stereocenters. The van der Waals surface area contributed by atoms with E-state index in [4.69, 9.17) is 0 Å². The standard InChI is InChI=1S/C17H35NO3/c1-5-6-7-8-9-10-11-12-13-15(17(20)21)16(19)14-18(2,3)4/h15-16,19H,5-14H2,1-4H3. The number of aliphatic hydroxyl groups excluding tert-OH is 1. The molecule has 0 fully saturated rings. The predicted molar refractivity (Wildman–Crippen MR) is 84.6 cm³/mol. The summed E-state index contributed by atoms with van der Waals surface area (Å²) in [5, 5.41) is 21.3. The number of quaternary nitrogens is 1. The lowest BCUT2D eigenvalue weighted by Crippen LogP contribution is -2.48. The lowest BCUT2D eigenvalue weighted by molar-refractivity contribution is -0.874. The molecule has 0 amide bonds. The first-order valence-electron chi connectivity index (χ1n) is 8.47. The van der Waals surface area contributed by atoms with E-state index in [0.717, 1.165) is 19.3 Å². The van der Waals surface area contributed by atoms with E-state index in [1.165, 1.54) is 32.1 Å². The highest BCUT2D eigenvalue weighted by molar-refractivity contribution is 5.68. The average molecular weight is 301 g/mol. The van der Waals surface area contributed by atoms with Crippen LogP contribution in [-0.4, -0.2) is 49.4 Å². The fourth-order valence-corrected chi connectivity index (χ4v) is 2.65. The van der Waals surface area contributed by atoms with Crippen LogP contribution < -0.4 is 5.11 Å². The molecule has 0 spiro atoms. The van der Waals surface area contributed by atoms with Crippen molar-refractivity contribution < 1.29 is 19.5 Å². The zero-order valence-corrected chi connectivity index (χ0v) is 14.4. The number of aliphatic hydroxyl groups is 1. The maximum atomic E-state index is 11.2. The Morgan fingerprint density at radius 3 is 1.90 bits per heavy atom. The van der Waals surface area contributed by atoms with Crippen LogP contribution in [0, 0.1) is 5.92 Å². The van der Waals surface area contributed by atoms with Gasteiger partial charge in [-0.05, 0) is 6.42 Å². The van der Waals surface area contributed by atoms with Gasteiger partial charge in [-0.3, -0.25) is 0 Å². The molecule has 0 heterocycles. The van der Waals surface area contributed by atoms with Crippen molar-refractivity contribution in [2.75, 3.05) is 27.7 Å². The molecule has 0 aromatic heterocycles. The average Bonchev–Trinajstić information content (AvgIpc) is 2.34. The number of carboxylic acid groups (broad SMARTS) is 1. The lowest BCUT2D eigenvalue weighted by Gasteiger charge is -2.31. The van der Waals surface area contributed by atoms with Gasteiger partial charge in [0.05, 0.1) is 21.1 Å². The number of rotatable bonds is 13. The number of carbonyl (C=O) groups excluding carboxylic acids is 1. The van der Waals surface area contributed by atoms with Crippen LogP contribution in [0.15, 0.2) is 0 Å². The second-order valence-corrected chi connectivity index (χ2v) is 7.23. The molecule has 126 valence electrons. The topological polar surface area (TPSA) is 60.4 Å². The maximum Gasteiger partial charge on any atom is 0.111 e. The summed E-state index contributed by atoms with van der Waals surface area (Å²) in [5.41, 5.74) is 0. The summed E-state index contributed by atoms with van der Waals surface area (Å²) in [6.07, 6.45) is 9.17. The fraction of sp³-hybridized carbons (Fsp3) is 0.941. The van der Waals surface area contributed by atoms with E-state index in [2.05, 4.69) is 6.92 Å². The lowest BCUT2D eigenvalue weighted by atomic mass is 9.94. The van der Waals surface area contributed by atoms with Crippen molar-refractivity contribution in [1.82, 2.24) is 0 Å². The summed E-state index contributed by atoms with van der Waals surface area (Å²) >= 11 is 0. The Bertz CT molecular complexity index is 274. The van der Waals surface area contributed by atoms with E-state index in [0.29, 0.717) is 17.4 Å². The van der Waals surface area contributed by atoms with Gasteiger partial charge in [0.25, 0.3) is 0 Å².